The maximum atomic E-state index is 13.9. The second-order valence-electron chi connectivity index (χ2n) is 13.9. The van der Waals surface area contributed by atoms with Crippen LogP contribution in [0.2, 0.25) is 0 Å². The zero-order chi connectivity index (χ0) is 32.4. The van der Waals surface area contributed by atoms with Gasteiger partial charge in [-0.05, 0) is 52.4 Å². The highest BCUT2D eigenvalue weighted by molar-refractivity contribution is 7.87. The zero-order valence-corrected chi connectivity index (χ0v) is 27.4. The number of aliphatic carboxylic acids is 1. The number of ether oxygens (including phenoxy) is 1. The lowest BCUT2D eigenvalue weighted by Crippen LogP contribution is -2.56. The molecule has 44 heavy (non-hydrogen) atoms. The van der Waals surface area contributed by atoms with Crippen LogP contribution >= 0.6 is 0 Å². The summed E-state index contributed by atoms with van der Waals surface area (Å²) in [6.07, 6.45) is 6.84. The zero-order valence-electron chi connectivity index (χ0n) is 26.6. The summed E-state index contributed by atoms with van der Waals surface area (Å²) >= 11 is 0. The van der Waals surface area contributed by atoms with Crippen molar-refractivity contribution in [2.75, 3.05) is 26.2 Å². The van der Waals surface area contributed by atoms with Crippen molar-refractivity contribution < 1.29 is 37.4 Å². The number of amides is 3. The maximum Gasteiger partial charge on any atom is 0.408 e. The van der Waals surface area contributed by atoms with Crippen molar-refractivity contribution >= 4 is 34.1 Å². The summed E-state index contributed by atoms with van der Waals surface area (Å²) in [7, 11) is -3.70. The van der Waals surface area contributed by atoms with Gasteiger partial charge in [0.2, 0.25) is 11.8 Å². The minimum atomic E-state index is -3.70. The molecule has 3 fully saturated rings. The highest BCUT2D eigenvalue weighted by Gasteiger charge is 2.61. The van der Waals surface area contributed by atoms with Crippen LogP contribution in [-0.4, -0.2) is 107 Å². The Morgan fingerprint density at radius 1 is 1.11 bits per heavy atom. The Labute approximate surface area is 260 Å². The molecule has 14 heteroatoms. The molecule has 5 atom stereocenters. The number of nitrogens with one attached hydrogen (secondary N) is 2. The number of rotatable bonds is 6. The molecule has 2 saturated heterocycles. The van der Waals surface area contributed by atoms with Crippen molar-refractivity contribution in [1.82, 2.24) is 24.1 Å². The van der Waals surface area contributed by atoms with Gasteiger partial charge in [-0.3, -0.25) is 9.59 Å². The maximum absolute atomic E-state index is 13.9. The molecular weight excluding hydrogens is 590 g/mol. The van der Waals surface area contributed by atoms with Gasteiger partial charge in [0.25, 0.3) is 10.2 Å². The van der Waals surface area contributed by atoms with Crippen LogP contribution in [0.5, 0.6) is 0 Å². The van der Waals surface area contributed by atoms with E-state index in [2.05, 4.69) is 10.6 Å². The second kappa shape index (κ2) is 13.3. The molecule has 1 aliphatic carbocycles. The molecule has 3 N–H and O–H groups in total. The van der Waals surface area contributed by atoms with E-state index in [4.69, 9.17) is 4.74 Å². The van der Waals surface area contributed by atoms with Crippen molar-refractivity contribution in [3.63, 3.8) is 0 Å². The predicted octanol–water partition coefficient (Wildman–Crippen LogP) is 2.24. The third kappa shape index (κ3) is 7.39. The number of hydrogen-bond donors (Lipinski definition) is 3. The van der Waals surface area contributed by atoms with Crippen LogP contribution in [0.1, 0.15) is 86.0 Å². The minimum absolute atomic E-state index is 0.0186. The van der Waals surface area contributed by atoms with Crippen molar-refractivity contribution in [3.8, 4) is 0 Å². The number of alkyl carbamates (subject to hydrolysis) is 1. The van der Waals surface area contributed by atoms with E-state index < -0.39 is 63.2 Å². The molecule has 3 aliphatic heterocycles. The summed E-state index contributed by atoms with van der Waals surface area (Å²) in [6.45, 7) is 10.2. The standard InChI is InChI=1S/C30H49N5O8S/c1-20(2)35-17-16-33(44(35,41)42)19-24(29(3,4)5)43-28(40)31-22-13-10-8-6-7-9-12-21-18-30(21,27(38)39)32-25(36)23-14-11-15-34(23)26(22)37/h9,12,20-24H,6-8,10-11,13-19H2,1-5H3,(H,31,40)(H,32,36)(H,38,39)/b12-9-/t21?,22-,23-,24?,30+/m0/s1. The molecule has 3 heterocycles. The Kier molecular flexibility index (Phi) is 10.4. The number of fused-ring (bicyclic) bond motifs is 2. The summed E-state index contributed by atoms with van der Waals surface area (Å²) in [5, 5.41) is 15.4. The van der Waals surface area contributed by atoms with Gasteiger partial charge in [-0.25, -0.2) is 9.59 Å². The monoisotopic (exact) mass is 639 g/mol. The van der Waals surface area contributed by atoms with Gasteiger partial charge in [-0.2, -0.15) is 17.0 Å². The van der Waals surface area contributed by atoms with Crippen molar-refractivity contribution in [3.05, 3.63) is 12.2 Å². The third-order valence-corrected chi connectivity index (χ3v) is 11.4. The molecular formula is C30H49N5O8S. The second-order valence-corrected chi connectivity index (χ2v) is 15.7. The Morgan fingerprint density at radius 2 is 1.84 bits per heavy atom. The molecule has 0 spiro atoms. The van der Waals surface area contributed by atoms with Crippen LogP contribution < -0.4 is 10.6 Å². The average Bonchev–Trinajstić information content (AvgIpc) is 3.24. The summed E-state index contributed by atoms with van der Waals surface area (Å²) < 4.78 is 34.8. The van der Waals surface area contributed by atoms with E-state index in [-0.39, 0.29) is 25.0 Å². The van der Waals surface area contributed by atoms with E-state index in [9.17, 15) is 32.7 Å². The number of carboxylic acid groups (broad SMARTS) is 1. The molecule has 248 valence electrons. The molecule has 13 nitrogen and oxygen atoms in total. The Bertz CT molecular complexity index is 1250. The summed E-state index contributed by atoms with van der Waals surface area (Å²) in [4.78, 5) is 54.1. The quantitative estimate of drug-likeness (QED) is 0.372. The first-order chi connectivity index (χ1) is 20.6. The lowest BCUT2D eigenvalue weighted by Gasteiger charge is -2.34. The smallest absolute Gasteiger partial charge is 0.408 e. The number of carbonyl (C=O) groups is 4. The van der Waals surface area contributed by atoms with Crippen LogP contribution in [0.25, 0.3) is 0 Å². The normalized spacial score (nSPS) is 31.7. The number of allylic oxidation sites excluding steroid dienone is 1. The van der Waals surface area contributed by atoms with Crippen LogP contribution in [-0.2, 0) is 29.3 Å². The molecule has 4 rings (SSSR count). The number of hydrogen-bond acceptors (Lipinski definition) is 7. The fraction of sp³-hybridized carbons (Fsp3) is 0.800. The third-order valence-electron chi connectivity index (χ3n) is 9.26. The number of nitrogens with zero attached hydrogens (tertiary/aromatic N) is 3. The highest BCUT2D eigenvalue weighted by atomic mass is 32.2. The lowest BCUT2D eigenvalue weighted by molar-refractivity contribution is -0.145. The fourth-order valence-electron chi connectivity index (χ4n) is 6.35. The van der Waals surface area contributed by atoms with E-state index in [0.717, 1.165) is 19.3 Å². The van der Waals surface area contributed by atoms with Crippen LogP contribution in [0.15, 0.2) is 12.2 Å². The SMILES string of the molecule is CC(C)N1CCN(CC(OC(=O)N[C@H]2CCCCC/C=C\C3C[C@@]3(C(=O)O)NC(=O)[C@@H]3CCCN3C2=O)C(C)(C)C)S1(=O)=O. The average molecular weight is 640 g/mol. The first kappa shape index (κ1) is 34.2. The largest absolute Gasteiger partial charge is 0.479 e. The number of carbonyl (C=O) groups excluding carboxylic acids is 3. The van der Waals surface area contributed by atoms with Gasteiger partial charge in [0, 0.05) is 37.0 Å². The Hall–Kier alpha value is -2.71. The lowest BCUT2D eigenvalue weighted by atomic mass is 9.89. The molecule has 0 aromatic heterocycles. The molecule has 3 amide bonds. The first-order valence-corrected chi connectivity index (χ1v) is 17.2. The molecule has 0 bridgehead atoms. The number of carboxylic acids is 1. The van der Waals surface area contributed by atoms with Gasteiger partial charge in [0.15, 0.2) is 0 Å². The van der Waals surface area contributed by atoms with Gasteiger partial charge in [0.1, 0.15) is 23.7 Å². The Morgan fingerprint density at radius 3 is 2.48 bits per heavy atom. The molecule has 4 aliphatic rings. The summed E-state index contributed by atoms with van der Waals surface area (Å²) in [5.74, 6) is -2.29. The molecule has 1 saturated carbocycles. The van der Waals surface area contributed by atoms with E-state index in [1.54, 1.807) is 0 Å². The van der Waals surface area contributed by atoms with Crippen molar-refractivity contribution in [2.45, 2.75) is 116 Å². The molecule has 2 unspecified atom stereocenters. The van der Waals surface area contributed by atoms with Gasteiger partial charge in [0.05, 0.1) is 6.54 Å². The van der Waals surface area contributed by atoms with Gasteiger partial charge in [-0.15, -0.1) is 0 Å². The first-order valence-electron chi connectivity index (χ1n) is 15.8. The molecule has 0 aromatic carbocycles. The summed E-state index contributed by atoms with van der Waals surface area (Å²) in [6, 6.07) is -1.98. The van der Waals surface area contributed by atoms with E-state index >= 15 is 0 Å². The van der Waals surface area contributed by atoms with E-state index in [0.29, 0.717) is 45.2 Å². The molecule has 0 aromatic rings. The van der Waals surface area contributed by atoms with Gasteiger partial charge >= 0.3 is 12.1 Å². The van der Waals surface area contributed by atoms with E-state index in [1.807, 2.05) is 46.8 Å². The van der Waals surface area contributed by atoms with Crippen molar-refractivity contribution in [1.29, 1.82) is 0 Å². The van der Waals surface area contributed by atoms with Crippen LogP contribution in [0.4, 0.5) is 4.79 Å². The van der Waals surface area contributed by atoms with E-state index in [1.165, 1.54) is 13.5 Å². The Balaban J connectivity index is 1.48. The minimum Gasteiger partial charge on any atom is -0.479 e. The topological polar surface area (TPSA) is 166 Å². The van der Waals surface area contributed by atoms with Crippen LogP contribution in [0, 0.1) is 11.3 Å². The highest BCUT2D eigenvalue weighted by Crippen LogP contribution is 2.45. The molecule has 0 radical (unpaired) electrons. The van der Waals surface area contributed by atoms with Gasteiger partial charge in [-0.1, -0.05) is 45.8 Å². The predicted molar refractivity (Wildman–Crippen MR) is 163 cm³/mol. The fourth-order valence-corrected chi connectivity index (χ4v) is 8.13. The summed E-state index contributed by atoms with van der Waals surface area (Å²) in [5.41, 5.74) is -1.96. The van der Waals surface area contributed by atoms with Crippen molar-refractivity contribution in [2.24, 2.45) is 11.3 Å². The van der Waals surface area contributed by atoms with Gasteiger partial charge < -0.3 is 25.4 Å². The van der Waals surface area contributed by atoms with Crippen LogP contribution in [0.3, 0.4) is 0 Å².